The van der Waals surface area contributed by atoms with Gasteiger partial charge in [0.1, 0.15) is 11.5 Å². The zero-order valence-electron chi connectivity index (χ0n) is 31.8. The van der Waals surface area contributed by atoms with Crippen molar-refractivity contribution in [2.75, 3.05) is 14.2 Å². The summed E-state index contributed by atoms with van der Waals surface area (Å²) in [7, 11) is 3.64. The van der Waals surface area contributed by atoms with Gasteiger partial charge in [0.2, 0.25) is 0 Å². The van der Waals surface area contributed by atoms with Crippen molar-refractivity contribution in [2.45, 2.75) is 144 Å². The molecule has 0 radical (unpaired) electrons. The fourth-order valence-electron chi connectivity index (χ4n) is 5.51. The predicted molar refractivity (Wildman–Crippen MR) is 236 cm³/mol. The summed E-state index contributed by atoms with van der Waals surface area (Å²) in [5, 5.41) is 0. The van der Waals surface area contributed by atoms with E-state index in [1.54, 1.807) is 0 Å². The Morgan fingerprint density at radius 3 is 0.700 bits per heavy atom. The monoisotopic (exact) mass is 968 g/mol. The van der Waals surface area contributed by atoms with Gasteiger partial charge in [-0.25, -0.2) is 0 Å². The van der Waals surface area contributed by atoms with Crippen LogP contribution in [-0.2, 0) is 21.7 Å². The summed E-state index contributed by atoms with van der Waals surface area (Å²) in [5.41, 5.74) is 5.08. The lowest BCUT2D eigenvalue weighted by molar-refractivity contribution is 0.393. The van der Waals surface area contributed by atoms with Gasteiger partial charge in [-0.2, -0.15) is 0 Å². The third kappa shape index (κ3) is 8.82. The van der Waals surface area contributed by atoms with E-state index in [-0.39, 0.29) is 21.7 Å². The largest absolute Gasteiger partial charge is 0.494 e. The highest BCUT2D eigenvalue weighted by Gasteiger charge is 2.28. The van der Waals surface area contributed by atoms with Gasteiger partial charge in [0.05, 0.1) is 33.8 Å². The Morgan fingerprint density at radius 1 is 0.360 bits per heavy atom. The van der Waals surface area contributed by atoms with Crippen LogP contribution in [0.4, 0.5) is 0 Å². The summed E-state index contributed by atoms with van der Waals surface area (Å²) < 4.78 is 15.2. The van der Waals surface area contributed by atoms with Crippen molar-refractivity contribution in [2.24, 2.45) is 0 Å². The summed E-state index contributed by atoms with van der Waals surface area (Å²) in [6.45, 7) is 27.6. The SMILES string of the molecule is COc1c2cc(C(C)(C)C)cc1Sc1cc(C(C)(C)C)cc(c1I)Sc1cc(C(C)(C)C)cc(c1OC)Sc1cc(C(C)(C)C)cc(c1I)S2. The number of ether oxygens (including phenoxy) is 2. The Bertz CT molecular complexity index is 1700. The van der Waals surface area contributed by atoms with Crippen LogP contribution in [0.3, 0.4) is 0 Å². The van der Waals surface area contributed by atoms with Crippen molar-refractivity contribution in [3.8, 4) is 11.5 Å². The molecule has 5 rings (SSSR count). The van der Waals surface area contributed by atoms with E-state index < -0.39 is 0 Å². The summed E-state index contributed by atoms with van der Waals surface area (Å²) in [5.74, 6) is 1.86. The first-order valence-electron chi connectivity index (χ1n) is 16.9. The molecule has 4 aromatic rings. The number of hydrogen-bond donors (Lipinski definition) is 0. The first kappa shape index (κ1) is 40.5. The Balaban J connectivity index is 1.93. The highest BCUT2D eigenvalue weighted by Crippen LogP contribution is 2.53. The smallest absolute Gasteiger partial charge is 0.146 e. The van der Waals surface area contributed by atoms with Gasteiger partial charge < -0.3 is 9.47 Å². The van der Waals surface area contributed by atoms with E-state index in [1.165, 1.54) is 49.0 Å². The van der Waals surface area contributed by atoms with Crippen molar-refractivity contribution < 1.29 is 9.47 Å². The van der Waals surface area contributed by atoms with Crippen LogP contribution in [0.25, 0.3) is 0 Å². The second-order valence-electron chi connectivity index (χ2n) is 17.0. The molecule has 0 aromatic heterocycles. The van der Waals surface area contributed by atoms with E-state index in [9.17, 15) is 0 Å². The topological polar surface area (TPSA) is 18.5 Å². The third-order valence-corrected chi connectivity index (χ3v) is 16.9. The maximum atomic E-state index is 6.34. The lowest BCUT2D eigenvalue weighted by atomic mass is 9.87. The number of methoxy groups -OCH3 is 2. The predicted octanol–water partition coefficient (Wildman–Crippen LogP) is 15.0. The van der Waals surface area contributed by atoms with Crippen LogP contribution in [0, 0.1) is 7.14 Å². The Hall–Kier alpha value is -0.660. The van der Waals surface area contributed by atoms with Gasteiger partial charge in [0.15, 0.2) is 0 Å². The molecule has 0 atom stereocenters. The average molecular weight is 969 g/mol. The molecule has 50 heavy (non-hydrogen) atoms. The van der Waals surface area contributed by atoms with Crippen molar-refractivity contribution in [1.82, 2.24) is 0 Å². The first-order chi connectivity index (χ1) is 23.0. The Kier molecular flexibility index (Phi) is 12.1. The van der Waals surface area contributed by atoms with Crippen LogP contribution >= 0.6 is 92.2 Å². The molecule has 1 aliphatic heterocycles. The van der Waals surface area contributed by atoms with Crippen molar-refractivity contribution >= 4 is 92.2 Å². The second-order valence-corrected chi connectivity index (χ2v) is 23.5. The average Bonchev–Trinajstić information content (AvgIpc) is 2.98. The minimum Gasteiger partial charge on any atom is -0.494 e. The molecule has 268 valence electrons. The summed E-state index contributed by atoms with van der Waals surface area (Å²) in [6.07, 6.45) is 0. The molecule has 8 heteroatoms. The minimum absolute atomic E-state index is 0.0311. The maximum absolute atomic E-state index is 6.34. The first-order valence-corrected chi connectivity index (χ1v) is 22.3. The molecule has 4 aromatic carbocycles. The zero-order chi connectivity index (χ0) is 37.1. The van der Waals surface area contributed by atoms with E-state index >= 15 is 0 Å². The quantitative estimate of drug-likeness (QED) is 0.163. The number of hydrogen-bond acceptors (Lipinski definition) is 6. The molecule has 1 heterocycles. The molecule has 0 saturated carbocycles. The zero-order valence-corrected chi connectivity index (χ0v) is 39.4. The van der Waals surface area contributed by atoms with Crippen molar-refractivity contribution in [3.63, 3.8) is 0 Å². The molecule has 2 nitrogen and oxygen atoms in total. The second kappa shape index (κ2) is 14.9. The highest BCUT2D eigenvalue weighted by atomic mass is 127. The molecule has 0 aliphatic carbocycles. The van der Waals surface area contributed by atoms with Gasteiger partial charge in [0.25, 0.3) is 0 Å². The van der Waals surface area contributed by atoms with Gasteiger partial charge >= 0.3 is 0 Å². The van der Waals surface area contributed by atoms with Crippen LogP contribution in [0.15, 0.2) is 87.7 Å². The molecule has 0 saturated heterocycles. The van der Waals surface area contributed by atoms with E-state index in [4.69, 9.17) is 9.47 Å². The van der Waals surface area contributed by atoms with Crippen LogP contribution in [0.5, 0.6) is 11.5 Å². The van der Waals surface area contributed by atoms with Crippen LogP contribution in [-0.4, -0.2) is 14.2 Å². The molecule has 0 N–H and O–H groups in total. The molecular formula is C42H50I2O2S4. The van der Waals surface area contributed by atoms with Crippen molar-refractivity contribution in [1.29, 1.82) is 0 Å². The van der Waals surface area contributed by atoms with Crippen molar-refractivity contribution in [3.05, 3.63) is 77.9 Å². The van der Waals surface area contributed by atoms with E-state index in [2.05, 4.69) is 177 Å². The molecule has 0 unspecified atom stereocenters. The number of fused-ring (bicyclic) bond motifs is 8. The third-order valence-electron chi connectivity index (χ3n) is 8.81. The highest BCUT2D eigenvalue weighted by molar-refractivity contribution is 14.1. The molecule has 1 aliphatic rings. The number of halogens is 2. The number of benzene rings is 4. The summed E-state index contributed by atoms with van der Waals surface area (Å²) >= 11 is 12.4. The summed E-state index contributed by atoms with van der Waals surface area (Å²) in [4.78, 5) is 9.50. The van der Waals surface area contributed by atoms with Crippen LogP contribution in [0.2, 0.25) is 0 Å². The molecule has 0 spiro atoms. The molecule has 0 fully saturated rings. The normalized spacial score (nSPS) is 14.1. The van der Waals surface area contributed by atoms with Gasteiger partial charge in [-0.15, -0.1) is 0 Å². The fraction of sp³-hybridized carbons (Fsp3) is 0.429. The molecule has 8 bridgehead atoms. The standard InChI is InChI=1S/C42H50I2O2S4/c1-39(2,3)23-15-27-35(43)28(16-23)48-32-20-26(42(10,11)12)22-34(38(32)46-14)50-30-18-24(40(4,5)6)17-29(36(30)44)49-33-21-25(41(7,8)9)19-31(47-27)37(33)45-13/h15-22H,1-14H3. The Labute approximate surface area is 345 Å². The van der Waals surface area contributed by atoms with Gasteiger partial charge in [0, 0.05) is 26.7 Å². The Morgan fingerprint density at radius 2 is 0.540 bits per heavy atom. The minimum atomic E-state index is -0.0371. The van der Waals surface area contributed by atoms with Gasteiger partial charge in [-0.1, -0.05) is 130 Å². The van der Waals surface area contributed by atoms with Crippen LogP contribution < -0.4 is 9.47 Å². The maximum Gasteiger partial charge on any atom is 0.146 e. The lowest BCUT2D eigenvalue weighted by Crippen LogP contribution is -2.13. The number of rotatable bonds is 2. The van der Waals surface area contributed by atoms with Crippen LogP contribution in [0.1, 0.15) is 105 Å². The van der Waals surface area contributed by atoms with Gasteiger partial charge in [-0.05, 0) is 138 Å². The van der Waals surface area contributed by atoms with E-state index in [0.717, 1.165) is 31.1 Å². The molecular weight excluding hydrogens is 919 g/mol. The van der Waals surface area contributed by atoms with E-state index in [0.29, 0.717) is 0 Å². The lowest BCUT2D eigenvalue weighted by Gasteiger charge is -2.27. The molecule has 0 amide bonds. The summed E-state index contributed by atoms with van der Waals surface area (Å²) in [6, 6.07) is 19.0. The fourth-order valence-corrected chi connectivity index (χ4v) is 12.1. The van der Waals surface area contributed by atoms with Gasteiger partial charge in [-0.3, -0.25) is 0 Å². The van der Waals surface area contributed by atoms with E-state index in [1.807, 2.05) is 61.3 Å².